The Morgan fingerprint density at radius 3 is 2.73 bits per heavy atom. The van der Waals surface area contributed by atoms with Crippen molar-refractivity contribution in [2.24, 2.45) is 16.8 Å². The summed E-state index contributed by atoms with van der Waals surface area (Å²) in [6, 6.07) is 9.51. The number of carboxylic acid groups (broad SMARTS) is 1. The number of hydrazine groups is 1. The highest BCUT2D eigenvalue weighted by atomic mass is 16.6. The Bertz CT molecular complexity index is 656. The summed E-state index contributed by atoms with van der Waals surface area (Å²) in [5.74, 6) is 10.3. The fraction of sp³-hybridized carbons (Fsp3) is 0.167. The third-order valence-corrected chi connectivity index (χ3v) is 2.79. The van der Waals surface area contributed by atoms with Gasteiger partial charge in [-0.25, -0.2) is 15.3 Å². The average molecular weight is 305 g/mol. The number of aromatic nitrogens is 2. The van der Waals surface area contributed by atoms with Crippen molar-refractivity contribution >= 4 is 17.6 Å². The molecule has 10 nitrogen and oxygen atoms in total. The molecule has 0 amide bonds. The quantitative estimate of drug-likeness (QED) is 0.187. The van der Waals surface area contributed by atoms with Crippen molar-refractivity contribution in [2.45, 2.75) is 6.42 Å². The minimum Gasteiger partial charge on any atom is -0.476 e. The number of carbonyl (C=O) groups is 1. The van der Waals surface area contributed by atoms with Crippen molar-refractivity contribution in [3.05, 3.63) is 41.6 Å². The van der Waals surface area contributed by atoms with Gasteiger partial charge in [-0.15, -0.1) is 0 Å². The maximum absolute atomic E-state index is 10.9. The van der Waals surface area contributed by atoms with Gasteiger partial charge in [0.05, 0.1) is 0 Å². The van der Waals surface area contributed by atoms with E-state index in [0.29, 0.717) is 12.3 Å². The highest BCUT2D eigenvalue weighted by Crippen LogP contribution is 2.09. The average Bonchev–Trinajstić information content (AvgIpc) is 3.00. The fourth-order valence-electron chi connectivity index (χ4n) is 1.70. The Morgan fingerprint density at radius 2 is 2.09 bits per heavy atom. The van der Waals surface area contributed by atoms with Gasteiger partial charge in [0, 0.05) is 6.42 Å². The van der Waals surface area contributed by atoms with E-state index in [1.54, 1.807) is 0 Å². The van der Waals surface area contributed by atoms with E-state index < -0.39 is 5.97 Å². The van der Waals surface area contributed by atoms with Gasteiger partial charge in [0.15, 0.2) is 0 Å². The molecule has 0 aliphatic heterocycles. The zero-order chi connectivity index (χ0) is 15.9. The lowest BCUT2D eigenvalue weighted by Crippen LogP contribution is -2.42. The summed E-state index contributed by atoms with van der Waals surface area (Å²) >= 11 is 0. The highest BCUT2D eigenvalue weighted by Gasteiger charge is 2.18. The van der Waals surface area contributed by atoms with E-state index in [1.165, 1.54) is 5.01 Å². The maximum Gasteiger partial charge on any atom is 0.362 e. The summed E-state index contributed by atoms with van der Waals surface area (Å²) in [5, 5.41) is 23.2. The zero-order valence-electron chi connectivity index (χ0n) is 11.5. The molecule has 10 heteroatoms. The molecule has 2 aromatic rings. The highest BCUT2D eigenvalue weighted by molar-refractivity contribution is 5.90. The minimum absolute atomic E-state index is 0.0252. The predicted octanol–water partition coefficient (Wildman–Crippen LogP) is -0.172. The molecule has 0 unspecified atom stereocenters. The Balaban J connectivity index is 1.97. The third kappa shape index (κ3) is 3.70. The standard InChI is InChI=1S/C12H15N7O3/c13-16-9(6-8-4-2-1-3-5-8)19(14)7-15-11-10(12(20)21)17-22-18-11/h1-5H,6-7,13-14H2,(H,15,18)(H,20,21)/b16-9-. The number of hydrazone groups is 1. The van der Waals surface area contributed by atoms with Gasteiger partial charge in [-0.2, -0.15) is 5.10 Å². The molecular weight excluding hydrogens is 290 g/mol. The molecule has 1 aromatic carbocycles. The molecular formula is C12H15N7O3. The fourth-order valence-corrected chi connectivity index (χ4v) is 1.70. The van der Waals surface area contributed by atoms with E-state index in [0.717, 1.165) is 5.56 Å². The number of hydrogen-bond donors (Lipinski definition) is 4. The Hall–Kier alpha value is -3.14. The second-order valence-corrected chi connectivity index (χ2v) is 4.28. The van der Waals surface area contributed by atoms with Crippen molar-refractivity contribution in [1.82, 2.24) is 15.3 Å². The molecule has 22 heavy (non-hydrogen) atoms. The number of carboxylic acids is 1. The van der Waals surface area contributed by atoms with Crippen LogP contribution in [0.5, 0.6) is 0 Å². The van der Waals surface area contributed by atoms with Gasteiger partial charge >= 0.3 is 5.97 Å². The number of anilines is 1. The van der Waals surface area contributed by atoms with Crippen molar-refractivity contribution < 1.29 is 14.5 Å². The van der Waals surface area contributed by atoms with Crippen LogP contribution in [0.4, 0.5) is 5.82 Å². The van der Waals surface area contributed by atoms with Crippen LogP contribution in [0.15, 0.2) is 40.1 Å². The first-order valence-electron chi connectivity index (χ1n) is 6.24. The maximum atomic E-state index is 10.9. The van der Waals surface area contributed by atoms with Crippen LogP contribution >= 0.6 is 0 Å². The second-order valence-electron chi connectivity index (χ2n) is 4.28. The summed E-state index contributed by atoms with van der Waals surface area (Å²) in [4.78, 5) is 10.9. The molecule has 0 saturated carbocycles. The monoisotopic (exact) mass is 305 g/mol. The Labute approximate surface area is 125 Å². The lowest BCUT2D eigenvalue weighted by atomic mass is 10.1. The summed E-state index contributed by atoms with van der Waals surface area (Å²) in [5.41, 5.74) is 0.652. The molecule has 116 valence electrons. The van der Waals surface area contributed by atoms with Crippen molar-refractivity contribution in [3.8, 4) is 0 Å². The van der Waals surface area contributed by atoms with Crippen molar-refractivity contribution in [3.63, 3.8) is 0 Å². The smallest absolute Gasteiger partial charge is 0.362 e. The lowest BCUT2D eigenvalue weighted by Gasteiger charge is -2.20. The lowest BCUT2D eigenvalue weighted by molar-refractivity contribution is 0.0685. The largest absolute Gasteiger partial charge is 0.476 e. The number of nitrogens with two attached hydrogens (primary N) is 2. The van der Waals surface area contributed by atoms with E-state index in [4.69, 9.17) is 16.8 Å². The van der Waals surface area contributed by atoms with E-state index in [1.807, 2.05) is 30.3 Å². The molecule has 0 radical (unpaired) electrons. The molecule has 1 heterocycles. The minimum atomic E-state index is -1.26. The summed E-state index contributed by atoms with van der Waals surface area (Å²) < 4.78 is 4.36. The number of nitrogens with one attached hydrogen (secondary N) is 1. The van der Waals surface area contributed by atoms with Gasteiger partial charge < -0.3 is 16.3 Å². The number of amidine groups is 1. The molecule has 0 saturated heterocycles. The first-order valence-corrected chi connectivity index (χ1v) is 6.24. The van der Waals surface area contributed by atoms with Crippen LogP contribution in [0.2, 0.25) is 0 Å². The van der Waals surface area contributed by atoms with Crippen LogP contribution < -0.4 is 17.0 Å². The number of nitrogens with zero attached hydrogens (tertiary/aromatic N) is 4. The number of aromatic carboxylic acids is 1. The number of rotatable bonds is 6. The SMILES string of the molecule is N/N=C(/Cc1ccccc1)N(N)CNc1nonc1C(=O)O. The van der Waals surface area contributed by atoms with Crippen LogP contribution in [-0.2, 0) is 6.42 Å². The van der Waals surface area contributed by atoms with E-state index in [-0.39, 0.29) is 18.2 Å². The third-order valence-electron chi connectivity index (χ3n) is 2.79. The summed E-state index contributed by atoms with van der Waals surface area (Å²) in [6.07, 6.45) is 0.429. The normalized spacial score (nSPS) is 11.2. The van der Waals surface area contributed by atoms with Crippen molar-refractivity contribution in [1.29, 1.82) is 0 Å². The molecule has 0 aliphatic carbocycles. The van der Waals surface area contributed by atoms with Gasteiger partial charge in [0.25, 0.3) is 0 Å². The number of benzene rings is 1. The van der Waals surface area contributed by atoms with Gasteiger partial charge in [-0.1, -0.05) is 30.3 Å². The first kappa shape index (κ1) is 15.3. The number of hydrogen-bond acceptors (Lipinski definition) is 8. The predicted molar refractivity (Wildman–Crippen MR) is 77.5 cm³/mol. The molecule has 0 aliphatic rings. The van der Waals surface area contributed by atoms with E-state index >= 15 is 0 Å². The van der Waals surface area contributed by atoms with Crippen LogP contribution in [-0.4, -0.2) is 38.9 Å². The van der Waals surface area contributed by atoms with Gasteiger partial charge in [-0.05, 0) is 15.9 Å². The summed E-state index contributed by atoms with van der Waals surface area (Å²) in [7, 11) is 0. The van der Waals surface area contributed by atoms with Gasteiger partial charge in [0.1, 0.15) is 12.5 Å². The molecule has 1 aromatic heterocycles. The second kappa shape index (κ2) is 7.04. The molecule has 0 atom stereocenters. The van der Waals surface area contributed by atoms with E-state index in [2.05, 4.69) is 25.4 Å². The Morgan fingerprint density at radius 1 is 1.36 bits per heavy atom. The molecule has 2 rings (SSSR count). The van der Waals surface area contributed by atoms with Crippen LogP contribution in [0.25, 0.3) is 0 Å². The molecule has 0 spiro atoms. The van der Waals surface area contributed by atoms with Crippen LogP contribution in [0, 0.1) is 0 Å². The first-order chi connectivity index (χ1) is 10.6. The Kier molecular flexibility index (Phi) is 4.88. The zero-order valence-corrected chi connectivity index (χ0v) is 11.5. The van der Waals surface area contributed by atoms with E-state index in [9.17, 15) is 4.79 Å². The van der Waals surface area contributed by atoms with Gasteiger partial charge in [0.2, 0.25) is 11.5 Å². The van der Waals surface area contributed by atoms with Crippen LogP contribution in [0.3, 0.4) is 0 Å². The van der Waals surface area contributed by atoms with Gasteiger partial charge in [-0.3, -0.25) is 5.01 Å². The van der Waals surface area contributed by atoms with Crippen LogP contribution in [0.1, 0.15) is 16.1 Å². The molecule has 0 fully saturated rings. The molecule has 0 bridgehead atoms. The topological polar surface area (TPSA) is 156 Å². The van der Waals surface area contributed by atoms with Crippen molar-refractivity contribution in [2.75, 3.05) is 12.0 Å². The molecule has 6 N–H and O–H groups in total. The summed E-state index contributed by atoms with van der Waals surface area (Å²) in [6.45, 7) is 0.0252.